The largest absolute Gasteiger partial charge is 0.361 e. The van der Waals surface area contributed by atoms with Gasteiger partial charge in [-0.25, -0.2) is 0 Å². The molecule has 0 aliphatic heterocycles. The summed E-state index contributed by atoms with van der Waals surface area (Å²) in [7, 11) is 1.69. The molecule has 1 unspecified atom stereocenters. The minimum absolute atomic E-state index is 0.221. The van der Waals surface area contributed by atoms with Gasteiger partial charge < -0.3 is 4.90 Å². The van der Waals surface area contributed by atoms with E-state index in [2.05, 4.69) is 4.98 Å². The van der Waals surface area contributed by atoms with Crippen LogP contribution in [-0.4, -0.2) is 21.9 Å². The molecule has 1 heterocycles. The van der Waals surface area contributed by atoms with E-state index in [1.165, 1.54) is 12.1 Å². The summed E-state index contributed by atoms with van der Waals surface area (Å²) in [5, 5.41) is 22.0. The quantitative estimate of drug-likeness (QED) is 0.621. The van der Waals surface area contributed by atoms with Crippen molar-refractivity contribution in [2.75, 3.05) is 11.9 Å². The van der Waals surface area contributed by atoms with Gasteiger partial charge in [-0.15, -0.1) is 0 Å². The fourth-order valence-electron chi connectivity index (χ4n) is 2.10. The summed E-state index contributed by atoms with van der Waals surface area (Å²) in [6, 6.07) is 8.82. The van der Waals surface area contributed by atoms with Crippen LogP contribution in [0, 0.1) is 20.2 Å². The SMILES string of the molecule is CC(c1ccccn1)N(C)c1ccc([N+](=O)[O-])cc1[N+](=O)[O-]. The molecule has 1 atom stereocenters. The second-order valence-corrected chi connectivity index (χ2v) is 4.73. The number of nitro groups is 2. The minimum atomic E-state index is -0.654. The van der Waals surface area contributed by atoms with Gasteiger partial charge in [0, 0.05) is 19.3 Å². The van der Waals surface area contributed by atoms with Gasteiger partial charge in [0.2, 0.25) is 0 Å². The molecule has 0 saturated heterocycles. The smallest absolute Gasteiger partial charge is 0.299 e. The molecule has 8 nitrogen and oxygen atoms in total. The van der Waals surface area contributed by atoms with Gasteiger partial charge in [-0.05, 0) is 25.1 Å². The second kappa shape index (κ2) is 6.17. The maximum atomic E-state index is 11.2. The Morgan fingerprint density at radius 3 is 2.41 bits per heavy atom. The number of benzene rings is 1. The lowest BCUT2D eigenvalue weighted by atomic mass is 10.1. The first-order chi connectivity index (χ1) is 10.4. The van der Waals surface area contributed by atoms with Crippen LogP contribution < -0.4 is 4.90 Å². The highest BCUT2D eigenvalue weighted by Crippen LogP contribution is 2.35. The van der Waals surface area contributed by atoms with E-state index in [0.717, 1.165) is 11.8 Å². The standard InChI is InChI=1S/C14H14N4O4/c1-10(12-5-3-4-8-15-12)16(2)13-7-6-11(17(19)20)9-14(13)18(21)22/h3-10H,1-2H3. The third kappa shape index (κ3) is 3.00. The van der Waals surface area contributed by atoms with Crippen molar-refractivity contribution in [1.29, 1.82) is 0 Å². The average Bonchev–Trinajstić information content (AvgIpc) is 2.53. The van der Waals surface area contributed by atoms with Crippen molar-refractivity contribution in [3.05, 3.63) is 68.5 Å². The predicted octanol–water partition coefficient (Wildman–Crippen LogP) is 3.10. The molecule has 0 amide bonds. The maximum absolute atomic E-state index is 11.2. The number of non-ortho nitro benzene ring substituents is 1. The Morgan fingerprint density at radius 2 is 1.86 bits per heavy atom. The van der Waals surface area contributed by atoms with Crippen molar-refractivity contribution < 1.29 is 9.85 Å². The molecule has 2 rings (SSSR count). The molecule has 114 valence electrons. The first-order valence-electron chi connectivity index (χ1n) is 6.48. The van der Waals surface area contributed by atoms with E-state index in [1.807, 2.05) is 19.1 Å². The van der Waals surface area contributed by atoms with Crippen LogP contribution in [0.15, 0.2) is 42.6 Å². The average molecular weight is 302 g/mol. The third-order valence-electron chi connectivity index (χ3n) is 3.44. The summed E-state index contributed by atoms with van der Waals surface area (Å²) in [4.78, 5) is 26.6. The lowest BCUT2D eigenvalue weighted by molar-refractivity contribution is -0.393. The Morgan fingerprint density at radius 1 is 1.14 bits per heavy atom. The Bertz CT molecular complexity index is 705. The summed E-state index contributed by atoms with van der Waals surface area (Å²) >= 11 is 0. The number of nitrogens with zero attached hydrogens (tertiary/aromatic N) is 4. The van der Waals surface area contributed by atoms with Gasteiger partial charge in [-0.3, -0.25) is 25.2 Å². The molecule has 0 aliphatic carbocycles. The topological polar surface area (TPSA) is 102 Å². The van der Waals surface area contributed by atoms with Crippen LogP contribution in [0.2, 0.25) is 0 Å². The van der Waals surface area contributed by atoms with Gasteiger partial charge in [-0.2, -0.15) is 0 Å². The second-order valence-electron chi connectivity index (χ2n) is 4.73. The summed E-state index contributed by atoms with van der Waals surface area (Å²) in [6.07, 6.45) is 1.64. The van der Waals surface area contributed by atoms with Crippen LogP contribution in [0.5, 0.6) is 0 Å². The molecule has 0 saturated carbocycles. The molecule has 0 aliphatic rings. The minimum Gasteiger partial charge on any atom is -0.361 e. The summed E-state index contributed by atoms with van der Waals surface area (Å²) < 4.78 is 0. The van der Waals surface area contributed by atoms with Crippen LogP contribution in [0.25, 0.3) is 0 Å². The summed E-state index contributed by atoms with van der Waals surface area (Å²) in [6.45, 7) is 1.85. The van der Waals surface area contributed by atoms with E-state index in [4.69, 9.17) is 0 Å². The van der Waals surface area contributed by atoms with Crippen LogP contribution in [0.1, 0.15) is 18.7 Å². The zero-order chi connectivity index (χ0) is 16.3. The van der Waals surface area contributed by atoms with E-state index in [0.29, 0.717) is 5.69 Å². The van der Waals surface area contributed by atoms with Crippen LogP contribution in [-0.2, 0) is 0 Å². The molecule has 1 aromatic carbocycles. The van der Waals surface area contributed by atoms with Crippen LogP contribution >= 0.6 is 0 Å². The fourth-order valence-corrected chi connectivity index (χ4v) is 2.10. The highest BCUT2D eigenvalue weighted by molar-refractivity contribution is 5.67. The molecular weight excluding hydrogens is 288 g/mol. The lowest BCUT2D eigenvalue weighted by Gasteiger charge is -2.26. The van der Waals surface area contributed by atoms with E-state index in [9.17, 15) is 20.2 Å². The number of aromatic nitrogens is 1. The number of hydrogen-bond donors (Lipinski definition) is 0. The molecule has 0 fully saturated rings. The number of hydrogen-bond acceptors (Lipinski definition) is 6. The maximum Gasteiger partial charge on any atom is 0.299 e. The van der Waals surface area contributed by atoms with E-state index >= 15 is 0 Å². The van der Waals surface area contributed by atoms with Crippen LogP contribution in [0.3, 0.4) is 0 Å². The summed E-state index contributed by atoms with van der Waals surface area (Å²) in [5.41, 5.74) is 0.431. The zero-order valence-corrected chi connectivity index (χ0v) is 12.0. The Hall–Kier alpha value is -3.03. The van der Waals surface area contributed by atoms with E-state index < -0.39 is 9.85 Å². The fraction of sp³-hybridized carbons (Fsp3) is 0.214. The molecular formula is C14H14N4O4. The van der Waals surface area contributed by atoms with Gasteiger partial charge in [0.1, 0.15) is 5.69 Å². The first-order valence-corrected chi connectivity index (χ1v) is 6.48. The predicted molar refractivity (Wildman–Crippen MR) is 80.8 cm³/mol. The highest BCUT2D eigenvalue weighted by Gasteiger charge is 2.25. The molecule has 1 aromatic heterocycles. The van der Waals surface area contributed by atoms with Gasteiger partial charge >= 0.3 is 0 Å². The van der Waals surface area contributed by atoms with Gasteiger partial charge in [0.15, 0.2) is 0 Å². The first kappa shape index (κ1) is 15.4. The molecule has 0 radical (unpaired) electrons. The molecule has 0 N–H and O–H groups in total. The number of anilines is 1. The molecule has 0 spiro atoms. The van der Waals surface area contributed by atoms with Crippen molar-refractivity contribution in [2.45, 2.75) is 13.0 Å². The van der Waals surface area contributed by atoms with Crippen molar-refractivity contribution >= 4 is 17.1 Å². The number of pyridine rings is 1. The van der Waals surface area contributed by atoms with Crippen molar-refractivity contribution in [3.8, 4) is 0 Å². The van der Waals surface area contributed by atoms with Gasteiger partial charge in [0.25, 0.3) is 11.4 Å². The zero-order valence-electron chi connectivity index (χ0n) is 12.0. The monoisotopic (exact) mass is 302 g/mol. The molecule has 2 aromatic rings. The Balaban J connectivity index is 2.43. The number of rotatable bonds is 5. The number of nitro benzene ring substituents is 2. The summed E-state index contributed by atoms with van der Waals surface area (Å²) in [5.74, 6) is 0. The normalized spacial score (nSPS) is 11.7. The van der Waals surface area contributed by atoms with Crippen molar-refractivity contribution in [1.82, 2.24) is 4.98 Å². The van der Waals surface area contributed by atoms with Crippen molar-refractivity contribution in [3.63, 3.8) is 0 Å². The molecule has 22 heavy (non-hydrogen) atoms. The molecule has 8 heteroatoms. The molecule has 0 bridgehead atoms. The highest BCUT2D eigenvalue weighted by atomic mass is 16.6. The lowest BCUT2D eigenvalue weighted by Crippen LogP contribution is -2.23. The van der Waals surface area contributed by atoms with Crippen molar-refractivity contribution in [2.24, 2.45) is 0 Å². The van der Waals surface area contributed by atoms with E-state index in [1.54, 1.807) is 24.2 Å². The van der Waals surface area contributed by atoms with Gasteiger partial charge in [0.05, 0.1) is 27.6 Å². The Kier molecular flexibility index (Phi) is 4.31. The Labute approximate surface area is 126 Å². The van der Waals surface area contributed by atoms with E-state index in [-0.39, 0.29) is 17.4 Å². The van der Waals surface area contributed by atoms with Crippen LogP contribution in [0.4, 0.5) is 17.1 Å². The van der Waals surface area contributed by atoms with Gasteiger partial charge in [-0.1, -0.05) is 6.07 Å². The third-order valence-corrected chi connectivity index (χ3v) is 3.44.